The Morgan fingerprint density at radius 1 is 1.15 bits per heavy atom. The van der Waals surface area contributed by atoms with Crippen molar-refractivity contribution in [3.05, 3.63) is 48.6 Å². The average Bonchev–Trinajstić information content (AvgIpc) is 3.40. The molecule has 11 heteroatoms. The highest BCUT2D eigenvalue weighted by molar-refractivity contribution is 6.29. The first-order chi connectivity index (χ1) is 16.6. The third-order valence-electron chi connectivity index (χ3n) is 5.40. The molecule has 0 aliphatic carbocycles. The number of hydrogen-bond acceptors (Lipinski definition) is 8. The standard InChI is InChI=1S/C23H25ClN6O4/c24-13-22(32)28-19-2-1-16(20-14-25-15-34-20)11-18(19)23-17(3-4-27-29-23)12-21(31)26-5-6-30-7-9-33-10-8-30/h1-4,11,14-15H,5-10,12-13H2,(H,26,31)(H,28,32). The van der Waals surface area contributed by atoms with Crippen molar-refractivity contribution in [2.45, 2.75) is 6.42 Å². The third-order valence-corrected chi connectivity index (χ3v) is 5.64. The largest absolute Gasteiger partial charge is 0.444 e. The number of rotatable bonds is 9. The topological polar surface area (TPSA) is 122 Å². The van der Waals surface area contributed by atoms with Gasteiger partial charge in [0.1, 0.15) is 5.88 Å². The fourth-order valence-electron chi connectivity index (χ4n) is 3.69. The second-order valence-corrected chi connectivity index (χ2v) is 7.96. The van der Waals surface area contributed by atoms with Crippen molar-refractivity contribution in [1.29, 1.82) is 0 Å². The maximum Gasteiger partial charge on any atom is 0.239 e. The van der Waals surface area contributed by atoms with E-state index < -0.39 is 0 Å². The number of benzene rings is 1. The van der Waals surface area contributed by atoms with E-state index in [-0.39, 0.29) is 24.1 Å². The molecule has 2 N–H and O–H groups in total. The average molecular weight is 485 g/mol. The van der Waals surface area contributed by atoms with Crippen LogP contribution in [0.15, 0.2) is 47.5 Å². The molecule has 0 saturated carbocycles. The molecule has 1 aliphatic heterocycles. The van der Waals surface area contributed by atoms with Crippen LogP contribution in [0.25, 0.3) is 22.6 Å². The van der Waals surface area contributed by atoms with Crippen molar-refractivity contribution >= 4 is 29.1 Å². The third kappa shape index (κ3) is 6.16. The van der Waals surface area contributed by atoms with E-state index in [9.17, 15) is 9.59 Å². The molecule has 10 nitrogen and oxygen atoms in total. The summed E-state index contributed by atoms with van der Waals surface area (Å²) in [4.78, 5) is 30.9. The van der Waals surface area contributed by atoms with Gasteiger partial charge in [0.25, 0.3) is 0 Å². The maximum atomic E-state index is 12.7. The summed E-state index contributed by atoms with van der Waals surface area (Å²) < 4.78 is 10.8. The predicted octanol–water partition coefficient (Wildman–Crippen LogP) is 1.97. The van der Waals surface area contributed by atoms with Gasteiger partial charge in [0.05, 0.1) is 37.2 Å². The highest BCUT2D eigenvalue weighted by atomic mass is 35.5. The van der Waals surface area contributed by atoms with Crippen molar-refractivity contribution in [3.8, 4) is 22.6 Å². The summed E-state index contributed by atoms with van der Waals surface area (Å²) in [6.45, 7) is 4.49. The van der Waals surface area contributed by atoms with Crippen LogP contribution in [0.3, 0.4) is 0 Å². The number of morpholine rings is 1. The Morgan fingerprint density at radius 2 is 2.00 bits per heavy atom. The van der Waals surface area contributed by atoms with E-state index in [0.29, 0.717) is 34.8 Å². The molecule has 1 fully saturated rings. The summed E-state index contributed by atoms with van der Waals surface area (Å²) in [7, 11) is 0. The smallest absolute Gasteiger partial charge is 0.239 e. The number of ether oxygens (including phenoxy) is 1. The van der Waals surface area contributed by atoms with Crippen LogP contribution in [0, 0.1) is 0 Å². The zero-order valence-corrected chi connectivity index (χ0v) is 19.3. The number of carbonyl (C=O) groups is 2. The quantitative estimate of drug-likeness (QED) is 0.442. The first kappa shape index (κ1) is 23.8. The van der Waals surface area contributed by atoms with Crippen molar-refractivity contribution in [2.24, 2.45) is 0 Å². The minimum atomic E-state index is -0.360. The minimum absolute atomic E-state index is 0.114. The normalized spacial score (nSPS) is 14.0. The van der Waals surface area contributed by atoms with Crippen molar-refractivity contribution in [1.82, 2.24) is 25.4 Å². The lowest BCUT2D eigenvalue weighted by molar-refractivity contribution is -0.120. The predicted molar refractivity (Wildman–Crippen MR) is 126 cm³/mol. The second kappa shape index (κ2) is 11.7. The van der Waals surface area contributed by atoms with Crippen LogP contribution in [-0.2, 0) is 20.7 Å². The van der Waals surface area contributed by atoms with Gasteiger partial charge in [-0.1, -0.05) is 0 Å². The molecule has 1 aromatic carbocycles. The van der Waals surface area contributed by atoms with Gasteiger partial charge < -0.3 is 19.8 Å². The number of nitrogens with zero attached hydrogens (tertiary/aromatic N) is 4. The number of alkyl halides is 1. The SMILES string of the molecule is O=C(Cc1ccnnc1-c1cc(-c2cnco2)ccc1NC(=O)CCl)NCCN1CCOCC1. The highest BCUT2D eigenvalue weighted by Gasteiger charge is 2.18. The fraction of sp³-hybridized carbons (Fsp3) is 0.348. The van der Waals surface area contributed by atoms with Gasteiger partial charge in [-0.15, -0.1) is 11.6 Å². The Balaban J connectivity index is 1.54. The second-order valence-electron chi connectivity index (χ2n) is 7.69. The summed E-state index contributed by atoms with van der Waals surface area (Å²) in [5, 5.41) is 14.0. The van der Waals surface area contributed by atoms with E-state index in [1.807, 2.05) is 6.07 Å². The monoisotopic (exact) mass is 484 g/mol. The lowest BCUT2D eigenvalue weighted by atomic mass is 9.99. The Morgan fingerprint density at radius 3 is 2.76 bits per heavy atom. The summed E-state index contributed by atoms with van der Waals surface area (Å²) in [6.07, 6.45) is 4.59. The zero-order valence-electron chi connectivity index (χ0n) is 18.5. The van der Waals surface area contributed by atoms with Gasteiger partial charge in [-0.2, -0.15) is 10.2 Å². The van der Waals surface area contributed by atoms with Crippen LogP contribution >= 0.6 is 11.6 Å². The van der Waals surface area contributed by atoms with Gasteiger partial charge in [0.15, 0.2) is 12.2 Å². The van der Waals surface area contributed by atoms with Gasteiger partial charge in [0, 0.05) is 43.5 Å². The molecule has 0 unspecified atom stereocenters. The molecule has 1 saturated heterocycles. The van der Waals surface area contributed by atoms with E-state index in [1.165, 1.54) is 12.6 Å². The number of nitrogens with one attached hydrogen (secondary N) is 2. The molecule has 3 heterocycles. The molecule has 2 aromatic heterocycles. The molecule has 0 bridgehead atoms. The number of halogens is 1. The zero-order chi connectivity index (χ0) is 23.8. The molecule has 0 radical (unpaired) electrons. The van der Waals surface area contributed by atoms with Crippen LogP contribution in [-0.4, -0.2) is 77.2 Å². The Hall–Kier alpha value is -3.34. The van der Waals surface area contributed by atoms with E-state index in [1.54, 1.807) is 24.4 Å². The number of anilines is 1. The molecule has 2 amide bonds. The van der Waals surface area contributed by atoms with Gasteiger partial charge in [-0.05, 0) is 29.8 Å². The van der Waals surface area contributed by atoms with Crippen molar-refractivity contribution < 1.29 is 18.7 Å². The summed E-state index contributed by atoms with van der Waals surface area (Å²) >= 11 is 5.69. The minimum Gasteiger partial charge on any atom is -0.444 e. The van der Waals surface area contributed by atoms with Crippen LogP contribution in [0.2, 0.25) is 0 Å². The van der Waals surface area contributed by atoms with Crippen LogP contribution in [0.1, 0.15) is 5.56 Å². The number of carbonyl (C=O) groups excluding carboxylic acids is 2. The molecular formula is C23H25ClN6O4. The van der Waals surface area contributed by atoms with Crippen LogP contribution in [0.5, 0.6) is 0 Å². The number of oxazole rings is 1. The Kier molecular flexibility index (Phi) is 8.18. The van der Waals surface area contributed by atoms with E-state index >= 15 is 0 Å². The molecule has 3 aromatic rings. The summed E-state index contributed by atoms with van der Waals surface area (Å²) in [5.41, 5.74) is 3.00. The van der Waals surface area contributed by atoms with Gasteiger partial charge in [-0.25, -0.2) is 4.98 Å². The molecule has 4 rings (SSSR count). The molecule has 0 spiro atoms. The van der Waals surface area contributed by atoms with Gasteiger partial charge in [-0.3, -0.25) is 14.5 Å². The molecule has 178 valence electrons. The number of amides is 2. The van der Waals surface area contributed by atoms with Crippen molar-refractivity contribution in [2.75, 3.05) is 50.6 Å². The lowest BCUT2D eigenvalue weighted by Gasteiger charge is -2.26. The highest BCUT2D eigenvalue weighted by Crippen LogP contribution is 2.33. The van der Waals surface area contributed by atoms with Crippen LogP contribution < -0.4 is 10.6 Å². The molecular weight excluding hydrogens is 460 g/mol. The van der Waals surface area contributed by atoms with Gasteiger partial charge >= 0.3 is 0 Å². The Labute approximate surface area is 201 Å². The fourth-order valence-corrected chi connectivity index (χ4v) is 3.75. The molecule has 0 atom stereocenters. The lowest BCUT2D eigenvalue weighted by Crippen LogP contribution is -2.41. The van der Waals surface area contributed by atoms with E-state index in [0.717, 1.165) is 38.4 Å². The summed E-state index contributed by atoms with van der Waals surface area (Å²) in [6, 6.07) is 7.09. The van der Waals surface area contributed by atoms with Crippen molar-refractivity contribution in [3.63, 3.8) is 0 Å². The van der Waals surface area contributed by atoms with E-state index in [4.69, 9.17) is 20.8 Å². The molecule has 34 heavy (non-hydrogen) atoms. The van der Waals surface area contributed by atoms with E-state index in [2.05, 4.69) is 30.7 Å². The number of hydrogen-bond donors (Lipinski definition) is 2. The maximum absolute atomic E-state index is 12.7. The summed E-state index contributed by atoms with van der Waals surface area (Å²) in [5.74, 6) is -0.119. The van der Waals surface area contributed by atoms with Gasteiger partial charge in [0.2, 0.25) is 11.8 Å². The Bertz CT molecular complexity index is 1120. The first-order valence-corrected chi connectivity index (χ1v) is 11.4. The first-order valence-electron chi connectivity index (χ1n) is 10.9. The van der Waals surface area contributed by atoms with Crippen LogP contribution in [0.4, 0.5) is 5.69 Å². The number of aromatic nitrogens is 3. The molecule has 1 aliphatic rings.